The van der Waals surface area contributed by atoms with Crippen molar-refractivity contribution in [3.05, 3.63) is 59.7 Å². The molecule has 0 bridgehead atoms. The molecule has 2 atom stereocenters. The van der Waals surface area contributed by atoms with Crippen LogP contribution in [0.25, 0.3) is 0 Å². The standard InChI is InChI=1S/C20H27N3O/c1-3-10-16(11-4-2)19(17-12-6-5-7-13-17)23-20(24)18(22)14-8-9-15-21/h1,4-7,10-13,18-19H,8-9,14-15,21-22H2,2H3,(H,23,24)/b11-4-,16-10+. The smallest absolute Gasteiger partial charge is 0.237 e. The topological polar surface area (TPSA) is 81.1 Å². The Hall–Kier alpha value is -2.35. The molecule has 1 aromatic carbocycles. The Bertz CT molecular complexity index is 599. The van der Waals surface area contributed by atoms with Crippen LogP contribution in [0.3, 0.4) is 0 Å². The molecule has 0 aliphatic heterocycles. The highest BCUT2D eigenvalue weighted by Crippen LogP contribution is 2.23. The third-order valence-electron chi connectivity index (χ3n) is 3.67. The lowest BCUT2D eigenvalue weighted by molar-refractivity contribution is -0.123. The summed E-state index contributed by atoms with van der Waals surface area (Å²) in [6.45, 7) is 2.52. The maximum Gasteiger partial charge on any atom is 0.237 e. The molecule has 0 heterocycles. The minimum absolute atomic E-state index is 0.187. The molecule has 4 heteroatoms. The predicted octanol–water partition coefficient (Wildman–Crippen LogP) is 2.44. The van der Waals surface area contributed by atoms with Gasteiger partial charge in [0.2, 0.25) is 5.91 Å². The van der Waals surface area contributed by atoms with E-state index in [1.807, 2.05) is 49.4 Å². The van der Waals surface area contributed by atoms with Gasteiger partial charge in [0.05, 0.1) is 12.1 Å². The van der Waals surface area contributed by atoms with E-state index >= 15 is 0 Å². The van der Waals surface area contributed by atoms with Crippen LogP contribution in [0.5, 0.6) is 0 Å². The molecule has 24 heavy (non-hydrogen) atoms. The van der Waals surface area contributed by atoms with E-state index in [1.54, 1.807) is 6.08 Å². The van der Waals surface area contributed by atoms with E-state index in [1.165, 1.54) is 0 Å². The summed E-state index contributed by atoms with van der Waals surface area (Å²) in [7, 11) is 0. The first-order valence-corrected chi connectivity index (χ1v) is 8.23. The Kier molecular flexibility index (Phi) is 9.21. The van der Waals surface area contributed by atoms with Gasteiger partial charge in [-0.05, 0) is 43.5 Å². The average Bonchev–Trinajstić information content (AvgIpc) is 2.60. The average molecular weight is 325 g/mol. The van der Waals surface area contributed by atoms with Crippen LogP contribution in [0.1, 0.15) is 37.8 Å². The first-order chi connectivity index (χ1) is 11.6. The fourth-order valence-electron chi connectivity index (χ4n) is 2.41. The summed E-state index contributed by atoms with van der Waals surface area (Å²) in [5.74, 6) is 2.35. The molecular formula is C20H27N3O. The van der Waals surface area contributed by atoms with Gasteiger partial charge in [0, 0.05) is 0 Å². The second-order valence-electron chi connectivity index (χ2n) is 5.55. The Morgan fingerprint density at radius 3 is 2.62 bits per heavy atom. The molecule has 0 aromatic heterocycles. The zero-order chi connectivity index (χ0) is 17.8. The number of amides is 1. The summed E-state index contributed by atoms with van der Waals surface area (Å²) >= 11 is 0. The number of hydrogen-bond acceptors (Lipinski definition) is 3. The molecule has 1 aromatic rings. The fourth-order valence-corrected chi connectivity index (χ4v) is 2.41. The van der Waals surface area contributed by atoms with Crippen LogP contribution >= 0.6 is 0 Å². The van der Waals surface area contributed by atoms with Crippen molar-refractivity contribution in [3.8, 4) is 12.3 Å². The van der Waals surface area contributed by atoms with E-state index in [9.17, 15) is 4.79 Å². The molecule has 0 aliphatic carbocycles. The van der Waals surface area contributed by atoms with E-state index in [2.05, 4.69) is 11.2 Å². The minimum atomic E-state index is -0.555. The van der Waals surface area contributed by atoms with Gasteiger partial charge in [0.1, 0.15) is 0 Å². The van der Waals surface area contributed by atoms with Gasteiger partial charge in [0.25, 0.3) is 0 Å². The first-order valence-electron chi connectivity index (χ1n) is 8.23. The Balaban J connectivity index is 2.96. The Morgan fingerprint density at radius 1 is 1.33 bits per heavy atom. The third-order valence-corrected chi connectivity index (χ3v) is 3.67. The van der Waals surface area contributed by atoms with E-state index in [0.29, 0.717) is 13.0 Å². The molecule has 128 valence electrons. The van der Waals surface area contributed by atoms with E-state index in [4.69, 9.17) is 17.9 Å². The van der Waals surface area contributed by atoms with E-state index in [0.717, 1.165) is 24.0 Å². The molecule has 4 nitrogen and oxygen atoms in total. The second kappa shape index (κ2) is 11.2. The SMILES string of the molecule is C#C/C=C(\C=C/C)C(NC(=O)C(N)CCCCN)c1ccccc1. The highest BCUT2D eigenvalue weighted by Gasteiger charge is 2.21. The highest BCUT2D eigenvalue weighted by atomic mass is 16.2. The van der Waals surface area contributed by atoms with Crippen LogP contribution in [0, 0.1) is 12.3 Å². The summed E-state index contributed by atoms with van der Waals surface area (Å²) in [6, 6.07) is 8.82. The molecule has 1 rings (SSSR count). The van der Waals surface area contributed by atoms with E-state index in [-0.39, 0.29) is 11.9 Å². The molecule has 2 unspecified atom stereocenters. The van der Waals surface area contributed by atoms with E-state index < -0.39 is 6.04 Å². The van der Waals surface area contributed by atoms with Crippen LogP contribution in [0.15, 0.2) is 54.1 Å². The number of hydrogen-bond donors (Lipinski definition) is 3. The first kappa shape index (κ1) is 19.7. The van der Waals surface area contributed by atoms with Crippen molar-refractivity contribution >= 4 is 5.91 Å². The van der Waals surface area contributed by atoms with Crippen molar-refractivity contribution in [3.63, 3.8) is 0 Å². The number of nitrogens with two attached hydrogens (primary N) is 2. The van der Waals surface area contributed by atoms with Gasteiger partial charge in [-0.15, -0.1) is 6.42 Å². The Morgan fingerprint density at radius 2 is 2.04 bits per heavy atom. The zero-order valence-electron chi connectivity index (χ0n) is 14.2. The van der Waals surface area contributed by atoms with Gasteiger partial charge in [-0.25, -0.2) is 0 Å². The van der Waals surface area contributed by atoms with Gasteiger partial charge >= 0.3 is 0 Å². The summed E-state index contributed by atoms with van der Waals surface area (Å²) in [5.41, 5.74) is 13.3. The number of nitrogens with one attached hydrogen (secondary N) is 1. The monoisotopic (exact) mass is 325 g/mol. The van der Waals surface area contributed by atoms with Crippen LogP contribution in [-0.4, -0.2) is 18.5 Å². The number of rotatable bonds is 9. The van der Waals surface area contributed by atoms with Gasteiger partial charge in [-0.2, -0.15) is 0 Å². The second-order valence-corrected chi connectivity index (χ2v) is 5.55. The molecule has 0 radical (unpaired) electrons. The number of carbonyl (C=O) groups is 1. The number of carbonyl (C=O) groups excluding carboxylic acids is 1. The number of terminal acetylenes is 1. The number of benzene rings is 1. The molecule has 0 fully saturated rings. The lowest BCUT2D eigenvalue weighted by Gasteiger charge is -2.22. The largest absolute Gasteiger partial charge is 0.344 e. The normalized spacial score (nSPS) is 14.2. The van der Waals surface area contributed by atoms with Crippen molar-refractivity contribution < 1.29 is 4.79 Å². The molecule has 1 amide bonds. The van der Waals surface area contributed by atoms with Gasteiger partial charge in [-0.3, -0.25) is 4.79 Å². The third kappa shape index (κ3) is 6.41. The fraction of sp³-hybridized carbons (Fsp3) is 0.350. The maximum absolute atomic E-state index is 12.5. The molecule has 0 saturated carbocycles. The number of allylic oxidation sites excluding steroid dienone is 2. The Labute approximate surface area is 145 Å². The van der Waals surface area contributed by atoms with Crippen LogP contribution in [-0.2, 0) is 4.79 Å². The van der Waals surface area contributed by atoms with Gasteiger partial charge in [0.15, 0.2) is 0 Å². The lowest BCUT2D eigenvalue weighted by Crippen LogP contribution is -2.42. The minimum Gasteiger partial charge on any atom is -0.344 e. The summed E-state index contributed by atoms with van der Waals surface area (Å²) < 4.78 is 0. The van der Waals surface area contributed by atoms with Crippen molar-refractivity contribution in [1.82, 2.24) is 5.32 Å². The summed E-state index contributed by atoms with van der Waals surface area (Å²) in [5, 5.41) is 3.02. The van der Waals surface area contributed by atoms with Crippen molar-refractivity contribution in [2.45, 2.75) is 38.3 Å². The summed E-state index contributed by atoms with van der Waals surface area (Å²) in [6.07, 6.45) is 13.2. The predicted molar refractivity (Wildman–Crippen MR) is 99.9 cm³/mol. The highest BCUT2D eigenvalue weighted by molar-refractivity contribution is 5.82. The molecule has 0 aliphatic rings. The van der Waals surface area contributed by atoms with Crippen LogP contribution in [0.4, 0.5) is 0 Å². The van der Waals surface area contributed by atoms with Crippen LogP contribution in [0.2, 0.25) is 0 Å². The zero-order valence-corrected chi connectivity index (χ0v) is 14.2. The lowest BCUT2D eigenvalue weighted by atomic mass is 9.97. The molecular weight excluding hydrogens is 298 g/mol. The molecule has 5 N–H and O–H groups in total. The quantitative estimate of drug-likeness (QED) is 0.370. The van der Waals surface area contributed by atoms with Crippen LogP contribution < -0.4 is 16.8 Å². The van der Waals surface area contributed by atoms with Crippen molar-refractivity contribution in [2.24, 2.45) is 11.5 Å². The van der Waals surface area contributed by atoms with Gasteiger partial charge in [-0.1, -0.05) is 54.8 Å². The summed E-state index contributed by atoms with van der Waals surface area (Å²) in [4.78, 5) is 12.5. The van der Waals surface area contributed by atoms with Crippen molar-refractivity contribution in [2.75, 3.05) is 6.54 Å². The van der Waals surface area contributed by atoms with Crippen molar-refractivity contribution in [1.29, 1.82) is 0 Å². The van der Waals surface area contributed by atoms with Gasteiger partial charge < -0.3 is 16.8 Å². The number of unbranched alkanes of at least 4 members (excludes halogenated alkanes) is 1. The maximum atomic E-state index is 12.5. The molecule has 0 spiro atoms. The molecule has 0 saturated heterocycles.